The second-order valence-corrected chi connectivity index (χ2v) is 2.03. The van der Waals surface area contributed by atoms with E-state index in [4.69, 9.17) is 0 Å². The summed E-state index contributed by atoms with van der Waals surface area (Å²) in [4.78, 5) is 0. The lowest BCUT2D eigenvalue weighted by molar-refractivity contribution is 1.48. The van der Waals surface area contributed by atoms with Crippen molar-refractivity contribution < 1.29 is 0 Å². The molecule has 0 saturated heterocycles. The van der Waals surface area contributed by atoms with Crippen LogP contribution in [0.5, 0.6) is 0 Å². The molecule has 0 unspecified atom stereocenters. The quantitative estimate of drug-likeness (QED) is 0.631. The van der Waals surface area contributed by atoms with E-state index in [0.29, 0.717) is 0 Å². The molecule has 0 aromatic rings. The SMILES string of the molecule is C=C(C)/C=C\C(=C)C.CC.CN. The van der Waals surface area contributed by atoms with Gasteiger partial charge in [0.25, 0.3) is 0 Å². The van der Waals surface area contributed by atoms with Gasteiger partial charge < -0.3 is 5.73 Å². The molecule has 12 heavy (non-hydrogen) atoms. The fourth-order valence-corrected chi connectivity index (χ4v) is 0.285. The molecule has 0 aliphatic carbocycles. The Morgan fingerprint density at radius 1 is 0.917 bits per heavy atom. The van der Waals surface area contributed by atoms with Gasteiger partial charge in [-0.15, -0.1) is 0 Å². The van der Waals surface area contributed by atoms with Gasteiger partial charge in [-0.1, -0.05) is 50.3 Å². The molecule has 0 atom stereocenters. The van der Waals surface area contributed by atoms with Gasteiger partial charge in [0.2, 0.25) is 0 Å². The van der Waals surface area contributed by atoms with Gasteiger partial charge in [0.1, 0.15) is 0 Å². The lowest BCUT2D eigenvalue weighted by Crippen LogP contribution is -1.69. The van der Waals surface area contributed by atoms with E-state index in [2.05, 4.69) is 18.9 Å². The number of hydrogen-bond acceptors (Lipinski definition) is 1. The Morgan fingerprint density at radius 2 is 1.08 bits per heavy atom. The van der Waals surface area contributed by atoms with Crippen molar-refractivity contribution in [1.82, 2.24) is 0 Å². The van der Waals surface area contributed by atoms with Gasteiger partial charge in [-0.2, -0.15) is 0 Å². The first-order chi connectivity index (χ1) is 5.63. The van der Waals surface area contributed by atoms with E-state index in [1.165, 1.54) is 7.05 Å². The van der Waals surface area contributed by atoms with E-state index >= 15 is 0 Å². The number of rotatable bonds is 2. The summed E-state index contributed by atoms with van der Waals surface area (Å²) >= 11 is 0. The van der Waals surface area contributed by atoms with Gasteiger partial charge in [-0.3, -0.25) is 0 Å². The third-order valence-electron chi connectivity index (χ3n) is 0.652. The minimum atomic E-state index is 1.06. The van der Waals surface area contributed by atoms with Crippen molar-refractivity contribution in [2.45, 2.75) is 27.7 Å². The molecule has 0 bridgehead atoms. The van der Waals surface area contributed by atoms with Crippen molar-refractivity contribution >= 4 is 0 Å². The lowest BCUT2D eigenvalue weighted by Gasteiger charge is -1.84. The molecule has 0 saturated carbocycles. The van der Waals surface area contributed by atoms with Crippen LogP contribution in [-0.4, -0.2) is 7.05 Å². The topological polar surface area (TPSA) is 26.0 Å². The van der Waals surface area contributed by atoms with Crippen molar-refractivity contribution in [3.8, 4) is 0 Å². The maximum absolute atomic E-state index is 4.50. The Kier molecular flexibility index (Phi) is 24.0. The minimum Gasteiger partial charge on any atom is -0.333 e. The molecule has 1 heteroatoms. The van der Waals surface area contributed by atoms with Crippen LogP contribution < -0.4 is 5.73 Å². The second-order valence-electron chi connectivity index (χ2n) is 2.03. The van der Waals surface area contributed by atoms with E-state index in [-0.39, 0.29) is 0 Å². The average Bonchev–Trinajstić information content (AvgIpc) is 2.08. The molecule has 1 nitrogen and oxygen atoms in total. The predicted molar refractivity (Wildman–Crippen MR) is 60.2 cm³/mol. The Hall–Kier alpha value is -0.820. The molecule has 0 spiro atoms. The second kappa shape index (κ2) is 16.6. The van der Waals surface area contributed by atoms with Crippen LogP contribution in [0.25, 0.3) is 0 Å². The molecule has 0 aromatic heterocycles. The molecule has 0 rings (SSSR count). The van der Waals surface area contributed by atoms with Gasteiger partial charge in [0.05, 0.1) is 0 Å². The Bertz CT molecular complexity index is 116. The van der Waals surface area contributed by atoms with E-state index in [0.717, 1.165) is 11.1 Å². The van der Waals surface area contributed by atoms with Crippen LogP contribution >= 0.6 is 0 Å². The minimum absolute atomic E-state index is 1.06. The molecular formula is C11H23N. The summed E-state index contributed by atoms with van der Waals surface area (Å²) in [6.45, 7) is 15.3. The molecule has 0 fully saturated rings. The lowest BCUT2D eigenvalue weighted by atomic mass is 10.2. The van der Waals surface area contributed by atoms with Crippen LogP contribution in [0.3, 0.4) is 0 Å². The zero-order chi connectivity index (χ0) is 10.6. The molecule has 0 aliphatic heterocycles. The van der Waals surface area contributed by atoms with Gasteiger partial charge in [-0.25, -0.2) is 0 Å². The van der Waals surface area contributed by atoms with Crippen molar-refractivity contribution in [2.24, 2.45) is 5.73 Å². The largest absolute Gasteiger partial charge is 0.333 e. The number of hydrogen-bond donors (Lipinski definition) is 1. The van der Waals surface area contributed by atoms with Crippen LogP contribution in [0.4, 0.5) is 0 Å². The number of allylic oxidation sites excluding steroid dienone is 4. The fraction of sp³-hybridized carbons (Fsp3) is 0.455. The Balaban J connectivity index is -0.000000175. The molecule has 72 valence electrons. The number of nitrogens with two attached hydrogens (primary N) is 1. The summed E-state index contributed by atoms with van der Waals surface area (Å²) in [6, 6.07) is 0. The van der Waals surface area contributed by atoms with Gasteiger partial charge in [0, 0.05) is 0 Å². The Labute approximate surface area is 77.7 Å². The van der Waals surface area contributed by atoms with Crippen molar-refractivity contribution in [3.63, 3.8) is 0 Å². The first-order valence-electron chi connectivity index (χ1n) is 4.20. The van der Waals surface area contributed by atoms with Crippen LogP contribution in [-0.2, 0) is 0 Å². The summed E-state index contributed by atoms with van der Waals surface area (Å²) < 4.78 is 0. The maximum atomic E-state index is 4.50. The summed E-state index contributed by atoms with van der Waals surface area (Å²) in [6.07, 6.45) is 3.89. The molecule has 0 aliphatic rings. The zero-order valence-corrected chi connectivity index (χ0v) is 9.15. The van der Waals surface area contributed by atoms with Gasteiger partial charge >= 0.3 is 0 Å². The van der Waals surface area contributed by atoms with E-state index < -0.39 is 0 Å². The highest BCUT2D eigenvalue weighted by Crippen LogP contribution is 1.94. The van der Waals surface area contributed by atoms with Crippen LogP contribution in [0, 0.1) is 0 Å². The van der Waals surface area contributed by atoms with Gasteiger partial charge in [0.15, 0.2) is 0 Å². The fourth-order valence-electron chi connectivity index (χ4n) is 0.285. The van der Waals surface area contributed by atoms with E-state index in [1.807, 2.05) is 39.8 Å². The summed E-state index contributed by atoms with van der Waals surface area (Å²) in [5, 5.41) is 0. The highest BCUT2D eigenvalue weighted by atomic mass is 14.4. The third-order valence-corrected chi connectivity index (χ3v) is 0.652. The predicted octanol–water partition coefficient (Wildman–Crippen LogP) is 3.30. The van der Waals surface area contributed by atoms with Crippen LogP contribution in [0.2, 0.25) is 0 Å². The molecular weight excluding hydrogens is 146 g/mol. The smallest absolute Gasteiger partial charge is 0.0195 e. The molecule has 0 radical (unpaired) electrons. The first-order valence-corrected chi connectivity index (χ1v) is 4.20. The highest BCUT2D eigenvalue weighted by molar-refractivity contribution is 5.20. The maximum Gasteiger partial charge on any atom is -0.0195 e. The van der Waals surface area contributed by atoms with Crippen LogP contribution in [0.15, 0.2) is 36.5 Å². The summed E-state index contributed by atoms with van der Waals surface area (Å²) in [5.74, 6) is 0. The third kappa shape index (κ3) is 35.2. The van der Waals surface area contributed by atoms with Crippen molar-refractivity contribution in [3.05, 3.63) is 36.5 Å². The van der Waals surface area contributed by atoms with Gasteiger partial charge in [-0.05, 0) is 20.9 Å². The van der Waals surface area contributed by atoms with Crippen LogP contribution in [0.1, 0.15) is 27.7 Å². The normalized spacial score (nSPS) is 7.50. The molecule has 0 aromatic carbocycles. The zero-order valence-electron chi connectivity index (χ0n) is 9.15. The first kappa shape index (κ1) is 17.3. The van der Waals surface area contributed by atoms with Crippen molar-refractivity contribution in [1.29, 1.82) is 0 Å². The molecule has 2 N–H and O–H groups in total. The van der Waals surface area contributed by atoms with Crippen molar-refractivity contribution in [2.75, 3.05) is 7.05 Å². The standard InChI is InChI=1S/C8H12.C2H6.CH5N/c1-7(2)5-6-8(3)4;2*1-2/h5-6H,1,3H2,2,4H3;1-2H3;2H2,1H3/b6-5-;;. The molecule has 0 heterocycles. The monoisotopic (exact) mass is 169 g/mol. The molecule has 0 amide bonds. The highest BCUT2D eigenvalue weighted by Gasteiger charge is 1.72. The Morgan fingerprint density at radius 3 is 1.17 bits per heavy atom. The summed E-state index contributed by atoms with van der Waals surface area (Å²) in [5.41, 5.74) is 6.63. The average molecular weight is 169 g/mol. The summed E-state index contributed by atoms with van der Waals surface area (Å²) in [7, 11) is 1.50. The van der Waals surface area contributed by atoms with E-state index in [9.17, 15) is 0 Å². The van der Waals surface area contributed by atoms with E-state index in [1.54, 1.807) is 0 Å².